The van der Waals surface area contributed by atoms with Gasteiger partial charge in [0.05, 0.1) is 29.2 Å². The van der Waals surface area contributed by atoms with Gasteiger partial charge in [0.1, 0.15) is 0 Å². The molecule has 1 aliphatic heterocycles. The van der Waals surface area contributed by atoms with Crippen LogP contribution in [-0.2, 0) is 7.05 Å². The monoisotopic (exact) mass is 416 g/mol. The van der Waals surface area contributed by atoms with E-state index < -0.39 is 5.97 Å². The summed E-state index contributed by atoms with van der Waals surface area (Å²) in [6.07, 6.45) is 4.51. The van der Waals surface area contributed by atoms with Crippen LogP contribution in [0.2, 0.25) is 0 Å². The van der Waals surface area contributed by atoms with E-state index in [4.69, 9.17) is 5.53 Å². The van der Waals surface area contributed by atoms with Gasteiger partial charge in [-0.05, 0) is 42.7 Å². The molecule has 1 aliphatic rings. The molecule has 8 nitrogen and oxygen atoms in total. The molecule has 8 heteroatoms. The van der Waals surface area contributed by atoms with Crippen molar-refractivity contribution < 1.29 is 9.90 Å². The summed E-state index contributed by atoms with van der Waals surface area (Å²) >= 11 is 0. The second-order valence-corrected chi connectivity index (χ2v) is 7.54. The number of hydrogen-bond donors (Lipinski definition) is 4. The summed E-state index contributed by atoms with van der Waals surface area (Å²) in [5.41, 5.74) is 13.7. The minimum Gasteiger partial charge on any atom is -0.478 e. The predicted molar refractivity (Wildman–Crippen MR) is 119 cm³/mol. The number of anilines is 1. The van der Waals surface area contributed by atoms with Crippen LogP contribution in [0.25, 0.3) is 16.8 Å². The number of rotatable bonds is 5. The second kappa shape index (κ2) is 8.43. The number of nitrogens with zero attached hydrogens (tertiary/aromatic N) is 3. The van der Waals surface area contributed by atoms with Crippen LogP contribution in [0.3, 0.4) is 0 Å². The molecule has 0 amide bonds. The first kappa shape index (κ1) is 20.3. The molecule has 1 unspecified atom stereocenters. The Labute approximate surface area is 180 Å². The molecule has 4 rings (SSSR count). The zero-order chi connectivity index (χ0) is 22.0. The predicted octanol–water partition coefficient (Wildman–Crippen LogP) is 4.65. The second-order valence-electron chi connectivity index (χ2n) is 7.54. The summed E-state index contributed by atoms with van der Waals surface area (Å²) in [6, 6.07) is 13.0. The Morgan fingerprint density at radius 3 is 2.81 bits per heavy atom. The smallest absolute Gasteiger partial charge is 0.337 e. The van der Waals surface area contributed by atoms with E-state index in [0.717, 1.165) is 34.4 Å². The molecule has 0 bridgehead atoms. The topological polar surface area (TPSA) is 115 Å². The van der Waals surface area contributed by atoms with E-state index in [1.807, 2.05) is 44.6 Å². The number of allylic oxidation sites excluding steroid dienone is 1. The molecule has 4 N–H and O–H groups in total. The fraction of sp³-hybridized carbons (Fsp3) is 0.217. The first-order valence-corrected chi connectivity index (χ1v) is 10.0. The Morgan fingerprint density at radius 2 is 2.10 bits per heavy atom. The van der Waals surface area contributed by atoms with E-state index in [2.05, 4.69) is 26.9 Å². The molecule has 31 heavy (non-hydrogen) atoms. The number of carbonyl (C=O) groups is 1. The van der Waals surface area contributed by atoms with Gasteiger partial charge in [-0.15, -0.1) is 0 Å². The van der Waals surface area contributed by atoms with Crippen LogP contribution in [-0.4, -0.2) is 27.4 Å². The maximum absolute atomic E-state index is 11.7. The number of benzene rings is 2. The number of aromatic carboxylic acids is 1. The zero-order valence-corrected chi connectivity index (χ0v) is 17.4. The number of nitrogens with one attached hydrogen (secondary N) is 3. The first-order valence-electron chi connectivity index (χ1n) is 10.0. The molecule has 0 radical (unpaired) electrons. The van der Waals surface area contributed by atoms with Crippen LogP contribution in [0.5, 0.6) is 0 Å². The van der Waals surface area contributed by atoms with Gasteiger partial charge in [0.15, 0.2) is 0 Å². The third-order valence-electron chi connectivity index (χ3n) is 5.49. The summed E-state index contributed by atoms with van der Waals surface area (Å²) in [5.74, 6) is -0.969. The van der Waals surface area contributed by atoms with E-state index in [1.54, 1.807) is 22.9 Å². The molecule has 2 heterocycles. The lowest BCUT2D eigenvalue weighted by Gasteiger charge is -2.22. The van der Waals surface area contributed by atoms with E-state index in [9.17, 15) is 9.90 Å². The van der Waals surface area contributed by atoms with Gasteiger partial charge >= 0.3 is 5.97 Å². The normalized spacial score (nSPS) is 17.2. The molecule has 1 aromatic heterocycles. The molecule has 3 aromatic rings. The van der Waals surface area contributed by atoms with Gasteiger partial charge in [-0.1, -0.05) is 24.3 Å². The van der Waals surface area contributed by atoms with E-state index in [1.165, 1.54) is 0 Å². The SMILES string of the molecule is C/C(N=N)=C1/NCCC(Nc2ccccc2C(=O)O)c2cc(-c3cnn(C)c3)ccc21. The average Bonchev–Trinajstić information content (AvgIpc) is 3.13. The highest BCUT2D eigenvalue weighted by atomic mass is 16.4. The number of para-hydroxylation sites is 1. The highest BCUT2D eigenvalue weighted by Crippen LogP contribution is 2.36. The van der Waals surface area contributed by atoms with Gasteiger partial charge in [0, 0.05) is 36.6 Å². The summed E-state index contributed by atoms with van der Waals surface area (Å²) in [4.78, 5) is 11.7. The minimum atomic E-state index is -0.969. The van der Waals surface area contributed by atoms with Crippen molar-refractivity contribution in [3.05, 3.63) is 77.2 Å². The summed E-state index contributed by atoms with van der Waals surface area (Å²) in [5, 5.41) is 24.3. The molecule has 1 atom stereocenters. The number of fused-ring (bicyclic) bond motifs is 1. The lowest BCUT2D eigenvalue weighted by atomic mass is 9.93. The standard InChI is InChI=1S/C23H24N6O2/c1-14(28-24)22-17-8-7-15(16-12-26-29(2)13-16)11-19(17)21(9-10-25-22)27-20-6-4-3-5-18(20)23(30)31/h3-8,11-13,21,24-25,27H,9-10H2,1-2H3,(H,30,31)/b22-14-,28-24?. The van der Waals surface area contributed by atoms with Crippen LogP contribution in [0.1, 0.15) is 40.9 Å². The van der Waals surface area contributed by atoms with Gasteiger partial charge in [-0.25, -0.2) is 10.3 Å². The van der Waals surface area contributed by atoms with Crippen molar-refractivity contribution in [3.8, 4) is 11.1 Å². The largest absolute Gasteiger partial charge is 0.478 e. The van der Waals surface area contributed by atoms with Crippen molar-refractivity contribution in [1.82, 2.24) is 15.1 Å². The molecule has 0 fully saturated rings. The van der Waals surface area contributed by atoms with Gasteiger partial charge in [0.25, 0.3) is 0 Å². The molecular formula is C23H24N6O2. The summed E-state index contributed by atoms with van der Waals surface area (Å²) < 4.78 is 1.76. The Morgan fingerprint density at radius 1 is 1.29 bits per heavy atom. The number of aromatic nitrogens is 2. The maximum atomic E-state index is 11.7. The van der Waals surface area contributed by atoms with Crippen molar-refractivity contribution in [2.45, 2.75) is 19.4 Å². The van der Waals surface area contributed by atoms with Gasteiger partial charge < -0.3 is 15.7 Å². The Hall–Kier alpha value is -3.94. The highest BCUT2D eigenvalue weighted by molar-refractivity contribution is 5.94. The zero-order valence-electron chi connectivity index (χ0n) is 17.4. The van der Waals surface area contributed by atoms with Gasteiger partial charge in [0.2, 0.25) is 0 Å². The molecular weight excluding hydrogens is 392 g/mol. The lowest BCUT2D eigenvalue weighted by molar-refractivity contribution is 0.0698. The number of aryl methyl sites for hydroxylation is 1. The number of hydrogen-bond acceptors (Lipinski definition) is 6. The first-order chi connectivity index (χ1) is 15.0. The Balaban J connectivity index is 1.84. The van der Waals surface area contributed by atoms with Crippen molar-refractivity contribution in [3.63, 3.8) is 0 Å². The number of carboxylic acids is 1. The molecule has 0 spiro atoms. The summed E-state index contributed by atoms with van der Waals surface area (Å²) in [7, 11) is 1.88. The Kier molecular flexibility index (Phi) is 5.53. The molecule has 0 saturated heterocycles. The quantitative estimate of drug-likeness (QED) is 0.452. The molecule has 2 aromatic carbocycles. The minimum absolute atomic E-state index is 0.129. The van der Waals surface area contributed by atoms with E-state index >= 15 is 0 Å². The van der Waals surface area contributed by atoms with Crippen molar-refractivity contribution >= 4 is 17.4 Å². The van der Waals surface area contributed by atoms with Crippen molar-refractivity contribution in [2.24, 2.45) is 12.2 Å². The van der Waals surface area contributed by atoms with Crippen LogP contribution in [0, 0.1) is 5.53 Å². The molecule has 0 saturated carbocycles. The fourth-order valence-electron chi connectivity index (χ4n) is 3.93. The van der Waals surface area contributed by atoms with Crippen molar-refractivity contribution in [2.75, 3.05) is 11.9 Å². The molecule has 0 aliphatic carbocycles. The van der Waals surface area contributed by atoms with Crippen LogP contribution in [0.15, 0.2) is 65.7 Å². The third-order valence-corrected chi connectivity index (χ3v) is 5.49. The van der Waals surface area contributed by atoms with Crippen molar-refractivity contribution in [1.29, 1.82) is 5.53 Å². The van der Waals surface area contributed by atoms with Crippen LogP contribution in [0.4, 0.5) is 5.69 Å². The Bertz CT molecular complexity index is 1180. The summed E-state index contributed by atoms with van der Waals surface area (Å²) in [6.45, 7) is 2.47. The highest BCUT2D eigenvalue weighted by Gasteiger charge is 2.24. The fourth-order valence-corrected chi connectivity index (χ4v) is 3.93. The van der Waals surface area contributed by atoms with Gasteiger partial charge in [-0.2, -0.15) is 10.2 Å². The van der Waals surface area contributed by atoms with E-state index in [-0.39, 0.29) is 11.6 Å². The third kappa shape index (κ3) is 4.05. The van der Waals surface area contributed by atoms with Crippen LogP contribution < -0.4 is 10.6 Å². The molecule has 158 valence electrons. The van der Waals surface area contributed by atoms with Crippen LogP contribution >= 0.6 is 0 Å². The van der Waals surface area contributed by atoms with Gasteiger partial charge in [-0.3, -0.25) is 4.68 Å². The number of carboxylic acid groups (broad SMARTS) is 1. The van der Waals surface area contributed by atoms with E-state index in [0.29, 0.717) is 17.9 Å². The lowest BCUT2D eigenvalue weighted by Crippen LogP contribution is -2.16. The average molecular weight is 416 g/mol. The maximum Gasteiger partial charge on any atom is 0.337 e.